The molecule has 0 aliphatic carbocycles. The van der Waals surface area contributed by atoms with Gasteiger partial charge in [0.2, 0.25) is 0 Å². The largest absolute Gasteiger partial charge is 2.00 e. The zero-order valence-corrected chi connectivity index (χ0v) is 20.3. The van der Waals surface area contributed by atoms with E-state index in [0.29, 0.717) is 27.8 Å². The molecule has 6 rings (SSSR count). The minimum Gasteiger partial charge on any atom is -0.507 e. The molecule has 0 fully saturated rings. The summed E-state index contributed by atoms with van der Waals surface area (Å²) in [6.07, 6.45) is 3.18. The van der Waals surface area contributed by atoms with E-state index in [0.717, 1.165) is 22.5 Å². The molecule has 7 heteroatoms. The summed E-state index contributed by atoms with van der Waals surface area (Å²) in [5.74, 6) is 0.128. The summed E-state index contributed by atoms with van der Waals surface area (Å²) >= 11 is 0. The fraction of sp³-hybridized carbons (Fsp3) is 0.0370. The second kappa shape index (κ2) is 8.80. The molecule has 6 aromatic rings. The topological polar surface area (TPSA) is 66.3 Å². The van der Waals surface area contributed by atoms with E-state index in [9.17, 15) is 5.11 Å². The Balaban J connectivity index is 0.00000241. The normalized spacial score (nSPS) is 11.4. The zero-order valence-electron chi connectivity index (χ0n) is 18.0. The second-order valence-corrected chi connectivity index (χ2v) is 7.70. The smallest absolute Gasteiger partial charge is 0.507 e. The van der Waals surface area contributed by atoms with E-state index in [-0.39, 0.29) is 26.8 Å². The maximum absolute atomic E-state index is 10.3. The molecule has 2 heterocycles. The number of hydrogen-bond donors (Lipinski definition) is 1. The van der Waals surface area contributed by atoms with Gasteiger partial charge in [-0.1, -0.05) is 48.0 Å². The number of hydrogen-bond acceptors (Lipinski definition) is 4. The van der Waals surface area contributed by atoms with E-state index in [1.165, 1.54) is 0 Å². The van der Waals surface area contributed by atoms with Gasteiger partial charge in [0.1, 0.15) is 16.7 Å². The third kappa shape index (κ3) is 3.57. The molecule has 4 aromatic carbocycles. The minimum absolute atomic E-state index is 0. The Bertz CT molecular complexity index is 1650. The third-order valence-corrected chi connectivity index (χ3v) is 5.60. The summed E-state index contributed by atoms with van der Waals surface area (Å²) < 4.78 is 7.57. The van der Waals surface area contributed by atoms with Gasteiger partial charge in [0.15, 0.2) is 11.2 Å². The molecule has 0 amide bonds. The van der Waals surface area contributed by atoms with Crippen molar-refractivity contribution in [3.05, 3.63) is 96.6 Å². The molecule has 0 bridgehead atoms. The molecule has 0 aliphatic heterocycles. The number of nitrogens with zero attached hydrogens (tertiary/aromatic N) is 4. The van der Waals surface area contributed by atoms with E-state index in [4.69, 9.17) is 9.51 Å². The van der Waals surface area contributed by atoms with Crippen molar-refractivity contribution in [1.82, 2.24) is 9.56 Å². The van der Waals surface area contributed by atoms with Crippen LogP contribution in [0.1, 0.15) is 5.56 Å². The Hall–Kier alpha value is -3.89. The van der Waals surface area contributed by atoms with Crippen molar-refractivity contribution in [2.24, 2.45) is 4.99 Å². The number of para-hydroxylation sites is 3. The minimum atomic E-state index is 0. The first-order valence-corrected chi connectivity index (χ1v) is 10.5. The van der Waals surface area contributed by atoms with E-state index >= 15 is 0 Å². The summed E-state index contributed by atoms with van der Waals surface area (Å²) in [6, 6.07) is 29.9. The predicted molar refractivity (Wildman–Crippen MR) is 130 cm³/mol. The van der Waals surface area contributed by atoms with Crippen LogP contribution in [0.4, 0.5) is 17.1 Å². The first-order chi connectivity index (χ1) is 16.2. The number of benzene rings is 4. The van der Waals surface area contributed by atoms with Gasteiger partial charge in [-0.05, 0) is 30.8 Å². The number of fused-ring (bicyclic) bond motifs is 5. The number of phenols is 1. The van der Waals surface area contributed by atoms with Crippen LogP contribution in [0.2, 0.25) is 0 Å². The predicted octanol–water partition coefficient (Wildman–Crippen LogP) is 6.42. The molecule has 0 radical (unpaired) electrons. The molecule has 2 aromatic heterocycles. The molecular formula is C27H18N4O2Pt. The van der Waals surface area contributed by atoms with Crippen molar-refractivity contribution in [3.8, 4) is 5.75 Å². The van der Waals surface area contributed by atoms with Gasteiger partial charge in [-0.25, -0.2) is 11.1 Å². The number of imidazole rings is 1. The SMILES string of the molecule is Cc1ccccc1N([C-]=Nc1cccc2c1nc1c3c(O)cccc3on21)c1[c-]cccc1.[Pt+2]. The fourth-order valence-electron chi connectivity index (χ4n) is 4.00. The number of aliphatic imine (C=N–C) groups is 1. The van der Waals surface area contributed by atoms with Crippen molar-refractivity contribution in [2.45, 2.75) is 6.92 Å². The first-order valence-electron chi connectivity index (χ1n) is 10.5. The maximum Gasteiger partial charge on any atom is 2.00 e. The third-order valence-electron chi connectivity index (χ3n) is 5.60. The second-order valence-electron chi connectivity index (χ2n) is 7.70. The van der Waals surface area contributed by atoms with E-state index in [1.807, 2.05) is 71.6 Å². The molecule has 168 valence electrons. The molecule has 34 heavy (non-hydrogen) atoms. The zero-order chi connectivity index (χ0) is 22.4. The fourth-order valence-corrected chi connectivity index (χ4v) is 4.00. The molecule has 0 spiro atoms. The van der Waals surface area contributed by atoms with Crippen LogP contribution in [0.15, 0.2) is 94.4 Å². The Morgan fingerprint density at radius 3 is 2.65 bits per heavy atom. The van der Waals surface area contributed by atoms with Crippen molar-refractivity contribution in [1.29, 1.82) is 0 Å². The van der Waals surface area contributed by atoms with Crippen LogP contribution in [0, 0.1) is 13.0 Å². The number of aromatic hydroxyl groups is 1. The average molecular weight is 626 g/mol. The summed E-state index contributed by atoms with van der Waals surface area (Å²) in [5.41, 5.74) is 6.08. The maximum atomic E-state index is 10.3. The standard InChI is InChI=1S/C27H18N4O2.Pt/c1-18-9-5-6-13-21(18)30(19-10-3-2-4-11-19)17-28-20-12-7-14-22-26(20)29-27-25-23(32)15-8-16-24(25)33-31(22)27;/h2-10,12-16,32H,1H3;/q-2;+2. The molecule has 0 saturated heterocycles. The van der Waals surface area contributed by atoms with Crippen LogP contribution in [0.3, 0.4) is 0 Å². The molecule has 0 aliphatic rings. The summed E-state index contributed by atoms with van der Waals surface area (Å²) in [7, 11) is 0. The summed E-state index contributed by atoms with van der Waals surface area (Å²) in [5, 5.41) is 10.9. The van der Waals surface area contributed by atoms with Gasteiger partial charge >= 0.3 is 21.1 Å². The molecule has 0 atom stereocenters. The Labute approximate surface area is 210 Å². The van der Waals surface area contributed by atoms with Gasteiger partial charge in [-0.15, -0.1) is 0 Å². The van der Waals surface area contributed by atoms with Gasteiger partial charge in [0.05, 0.1) is 5.52 Å². The quantitative estimate of drug-likeness (QED) is 0.106. The Kier molecular flexibility index (Phi) is 5.68. The van der Waals surface area contributed by atoms with Crippen LogP contribution in [-0.4, -0.2) is 21.0 Å². The van der Waals surface area contributed by atoms with Gasteiger partial charge in [-0.2, -0.15) is 34.5 Å². The Morgan fingerprint density at radius 1 is 1.00 bits per heavy atom. The molecular weight excluding hydrogens is 607 g/mol. The van der Waals surface area contributed by atoms with Gasteiger partial charge < -0.3 is 19.5 Å². The van der Waals surface area contributed by atoms with Crippen LogP contribution >= 0.6 is 0 Å². The number of phenolic OH excluding ortho intramolecular Hbond substituents is 1. The van der Waals surface area contributed by atoms with E-state index in [2.05, 4.69) is 30.4 Å². The van der Waals surface area contributed by atoms with Gasteiger partial charge in [0, 0.05) is 12.0 Å². The average Bonchev–Trinajstić information content (AvgIpc) is 3.38. The van der Waals surface area contributed by atoms with Crippen LogP contribution < -0.4 is 4.90 Å². The number of rotatable bonds is 4. The van der Waals surface area contributed by atoms with E-state index in [1.54, 1.807) is 16.7 Å². The summed E-state index contributed by atoms with van der Waals surface area (Å²) in [4.78, 5) is 11.3. The molecule has 0 saturated carbocycles. The van der Waals surface area contributed by atoms with Crippen molar-refractivity contribution < 1.29 is 30.7 Å². The van der Waals surface area contributed by atoms with Crippen LogP contribution in [0.5, 0.6) is 5.75 Å². The number of aromatic nitrogens is 2. The molecule has 6 nitrogen and oxygen atoms in total. The summed E-state index contributed by atoms with van der Waals surface area (Å²) in [6.45, 7) is 2.05. The molecule has 0 unspecified atom stereocenters. The molecule has 1 N–H and O–H groups in total. The Morgan fingerprint density at radius 2 is 1.82 bits per heavy atom. The first kappa shape index (κ1) is 21.9. The van der Waals surface area contributed by atoms with Crippen LogP contribution in [-0.2, 0) is 21.1 Å². The van der Waals surface area contributed by atoms with Crippen LogP contribution in [0.25, 0.3) is 27.6 Å². The van der Waals surface area contributed by atoms with Crippen molar-refractivity contribution in [3.63, 3.8) is 0 Å². The van der Waals surface area contributed by atoms with Crippen molar-refractivity contribution in [2.75, 3.05) is 4.90 Å². The monoisotopic (exact) mass is 625 g/mol. The van der Waals surface area contributed by atoms with Gasteiger partial charge in [0.25, 0.3) is 0 Å². The van der Waals surface area contributed by atoms with Crippen molar-refractivity contribution >= 4 is 51.1 Å². The number of anilines is 2. The number of aryl methyl sites for hydroxylation is 1. The van der Waals surface area contributed by atoms with Gasteiger partial charge in [-0.3, -0.25) is 0 Å². The van der Waals surface area contributed by atoms with E-state index < -0.39 is 0 Å².